The van der Waals surface area contributed by atoms with Gasteiger partial charge in [-0.15, -0.1) is 0 Å². The highest BCUT2D eigenvalue weighted by molar-refractivity contribution is 5.71. The molecule has 0 bridgehead atoms. The van der Waals surface area contributed by atoms with Crippen LogP contribution >= 0.6 is 0 Å². The molecule has 0 aromatic heterocycles. The van der Waals surface area contributed by atoms with Gasteiger partial charge in [0.15, 0.2) is 6.10 Å². The van der Waals surface area contributed by atoms with Crippen LogP contribution < -0.4 is 0 Å². The van der Waals surface area contributed by atoms with Crippen molar-refractivity contribution in [1.29, 1.82) is 0 Å². The Kier molecular flexibility index (Phi) is 52.0. The number of carbonyl (C=O) groups excluding carboxylic acids is 3. The van der Waals surface area contributed by atoms with Crippen LogP contribution in [0.25, 0.3) is 0 Å². The summed E-state index contributed by atoms with van der Waals surface area (Å²) in [6.07, 6.45) is 76.1. The fourth-order valence-electron chi connectivity index (χ4n) is 7.21. The highest BCUT2D eigenvalue weighted by Gasteiger charge is 2.19. The van der Waals surface area contributed by atoms with Crippen LogP contribution in [-0.2, 0) is 28.6 Å². The summed E-state index contributed by atoms with van der Waals surface area (Å²) < 4.78 is 16.8. The van der Waals surface area contributed by atoms with Gasteiger partial charge in [0.2, 0.25) is 0 Å². The van der Waals surface area contributed by atoms with Crippen molar-refractivity contribution in [2.24, 2.45) is 0 Å². The largest absolute Gasteiger partial charge is 0.462 e. The van der Waals surface area contributed by atoms with Gasteiger partial charge in [0.1, 0.15) is 13.2 Å². The number of ether oxygens (including phenoxy) is 3. The second kappa shape index (κ2) is 55.4. The molecule has 0 aliphatic heterocycles. The van der Waals surface area contributed by atoms with Crippen LogP contribution in [0.1, 0.15) is 233 Å². The maximum atomic E-state index is 12.8. The molecule has 0 aliphatic carbocycles. The van der Waals surface area contributed by atoms with E-state index < -0.39 is 6.10 Å². The highest BCUT2D eigenvalue weighted by atomic mass is 16.6. The Morgan fingerprint density at radius 3 is 1.12 bits per heavy atom. The van der Waals surface area contributed by atoms with Crippen molar-refractivity contribution in [2.45, 2.75) is 239 Å². The summed E-state index contributed by atoms with van der Waals surface area (Å²) in [6, 6.07) is 0. The third-order valence-electron chi connectivity index (χ3n) is 11.3. The number of hydrogen-bond acceptors (Lipinski definition) is 6. The molecule has 0 aromatic rings. The molecule has 0 heterocycles. The van der Waals surface area contributed by atoms with Gasteiger partial charge in [-0.1, -0.05) is 258 Å². The van der Waals surface area contributed by atoms with Gasteiger partial charge in [-0.2, -0.15) is 0 Å². The van der Waals surface area contributed by atoms with E-state index in [1.54, 1.807) is 0 Å². The Balaban J connectivity index is 4.55. The zero-order valence-electron chi connectivity index (χ0n) is 43.8. The lowest BCUT2D eigenvalue weighted by Gasteiger charge is -2.18. The average molecular weight is 941 g/mol. The fraction of sp³-hybridized carbons (Fsp3) is 0.629. The van der Waals surface area contributed by atoms with E-state index in [9.17, 15) is 14.4 Å². The van der Waals surface area contributed by atoms with Crippen molar-refractivity contribution in [1.82, 2.24) is 0 Å². The molecule has 0 spiro atoms. The van der Waals surface area contributed by atoms with Crippen LogP contribution in [0.15, 0.2) is 122 Å². The van der Waals surface area contributed by atoms with E-state index in [1.165, 1.54) is 83.5 Å². The highest BCUT2D eigenvalue weighted by Crippen LogP contribution is 2.15. The standard InChI is InChI=1S/C62H100O6/c1-4-7-10-13-16-19-22-25-28-30-32-34-37-40-43-46-49-52-55-61(64)67-58-59(57-66-60(63)54-51-48-45-42-39-36-33-27-24-21-18-15-12-9-6-3)68-62(65)56-53-50-47-44-41-38-35-31-29-26-23-20-17-14-11-8-5-2/h8,10-11,13,16-17,19-20,22,25-26,28-30,32,34-35,38,44,47,59H,4-7,9,12,14-15,18,21,23-24,27,31,33,36-37,39-43,45-46,48-58H2,1-3H3/b11-8-,13-10-,19-16-,20-17-,25-22-,29-26-,30-28-,34-32-,38-35-,47-44-. The smallest absolute Gasteiger partial charge is 0.306 e. The van der Waals surface area contributed by atoms with Crippen LogP contribution in [0.3, 0.4) is 0 Å². The fourth-order valence-corrected chi connectivity index (χ4v) is 7.21. The van der Waals surface area contributed by atoms with Gasteiger partial charge in [0.05, 0.1) is 0 Å². The van der Waals surface area contributed by atoms with Crippen LogP contribution in [0.2, 0.25) is 0 Å². The topological polar surface area (TPSA) is 78.9 Å². The lowest BCUT2D eigenvalue weighted by atomic mass is 10.0. The summed E-state index contributed by atoms with van der Waals surface area (Å²) in [7, 11) is 0. The maximum Gasteiger partial charge on any atom is 0.306 e. The van der Waals surface area contributed by atoms with Gasteiger partial charge < -0.3 is 14.2 Å². The predicted octanol–water partition coefficient (Wildman–Crippen LogP) is 18.5. The summed E-state index contributed by atoms with van der Waals surface area (Å²) in [6.45, 7) is 6.37. The molecule has 6 nitrogen and oxygen atoms in total. The van der Waals surface area contributed by atoms with Crippen molar-refractivity contribution in [2.75, 3.05) is 13.2 Å². The van der Waals surface area contributed by atoms with Crippen molar-refractivity contribution in [3.63, 3.8) is 0 Å². The SMILES string of the molecule is CC/C=C\C/C=C\C/C=C\C/C=C\C/C=C\CCCC(=O)OC(COC(=O)CCCCCCC\C=C/C=C\C=C/C=C\C=C/CCC)COC(=O)CCCCCCCCCCCCCCCCC. The number of allylic oxidation sites excluding steroid dienone is 20. The zero-order valence-corrected chi connectivity index (χ0v) is 43.8. The first-order valence-electron chi connectivity index (χ1n) is 27.6. The molecule has 0 N–H and O–H groups in total. The average Bonchev–Trinajstić information content (AvgIpc) is 3.34. The first-order valence-corrected chi connectivity index (χ1v) is 27.6. The van der Waals surface area contributed by atoms with Crippen molar-refractivity contribution in [3.05, 3.63) is 122 Å². The molecule has 6 heteroatoms. The summed E-state index contributed by atoms with van der Waals surface area (Å²) in [5.74, 6) is -0.997. The van der Waals surface area contributed by atoms with E-state index >= 15 is 0 Å². The minimum atomic E-state index is -0.821. The minimum Gasteiger partial charge on any atom is -0.462 e. The first-order chi connectivity index (χ1) is 33.5. The molecule has 0 aliphatic rings. The van der Waals surface area contributed by atoms with Crippen LogP contribution in [0.4, 0.5) is 0 Å². The van der Waals surface area contributed by atoms with Crippen molar-refractivity contribution < 1.29 is 28.6 Å². The minimum absolute atomic E-state index is 0.110. The van der Waals surface area contributed by atoms with Gasteiger partial charge >= 0.3 is 17.9 Å². The van der Waals surface area contributed by atoms with E-state index in [2.05, 4.69) is 118 Å². The number of esters is 3. The lowest BCUT2D eigenvalue weighted by Crippen LogP contribution is -2.30. The number of unbranched alkanes of at least 4 members (excludes halogenated alkanes) is 21. The molecule has 0 saturated carbocycles. The summed E-state index contributed by atoms with van der Waals surface area (Å²) in [5.41, 5.74) is 0. The normalized spacial score (nSPS) is 13.0. The monoisotopic (exact) mass is 941 g/mol. The third-order valence-corrected chi connectivity index (χ3v) is 11.3. The molecule has 0 aromatic carbocycles. The molecule has 0 radical (unpaired) electrons. The second-order valence-corrected chi connectivity index (χ2v) is 17.9. The van der Waals surface area contributed by atoms with Gasteiger partial charge in [0, 0.05) is 19.3 Å². The molecular weight excluding hydrogens is 841 g/mol. The predicted molar refractivity (Wildman–Crippen MR) is 293 cm³/mol. The van der Waals surface area contributed by atoms with E-state index in [0.717, 1.165) is 103 Å². The Morgan fingerprint density at radius 2 is 0.676 bits per heavy atom. The van der Waals surface area contributed by atoms with Gasteiger partial charge in [-0.3, -0.25) is 14.4 Å². The quantitative estimate of drug-likeness (QED) is 0.0199. The maximum absolute atomic E-state index is 12.8. The van der Waals surface area contributed by atoms with Gasteiger partial charge in [-0.05, 0) is 77.0 Å². The van der Waals surface area contributed by atoms with Crippen LogP contribution in [-0.4, -0.2) is 37.2 Å². The number of carbonyl (C=O) groups is 3. The van der Waals surface area contributed by atoms with Gasteiger partial charge in [-0.25, -0.2) is 0 Å². The Hall–Kier alpha value is -4.19. The molecule has 0 amide bonds. The Bertz CT molecular complexity index is 1450. The van der Waals surface area contributed by atoms with Crippen molar-refractivity contribution in [3.8, 4) is 0 Å². The molecular formula is C62H100O6. The molecule has 1 unspecified atom stereocenters. The van der Waals surface area contributed by atoms with E-state index in [1.807, 2.05) is 24.3 Å². The molecule has 0 fully saturated rings. The second-order valence-electron chi connectivity index (χ2n) is 17.9. The summed E-state index contributed by atoms with van der Waals surface area (Å²) >= 11 is 0. The van der Waals surface area contributed by atoms with E-state index in [4.69, 9.17) is 14.2 Å². The molecule has 384 valence electrons. The van der Waals surface area contributed by atoms with Gasteiger partial charge in [0.25, 0.3) is 0 Å². The molecule has 1 atom stereocenters. The summed E-state index contributed by atoms with van der Waals surface area (Å²) in [5, 5.41) is 0. The lowest BCUT2D eigenvalue weighted by molar-refractivity contribution is -0.167. The van der Waals surface area contributed by atoms with Crippen molar-refractivity contribution >= 4 is 17.9 Å². The molecule has 0 rings (SSSR count). The van der Waals surface area contributed by atoms with Crippen LogP contribution in [0, 0.1) is 0 Å². The van der Waals surface area contributed by atoms with Crippen LogP contribution in [0.5, 0.6) is 0 Å². The Labute approximate surface area is 418 Å². The zero-order chi connectivity index (χ0) is 49.3. The molecule has 0 saturated heterocycles. The Morgan fingerprint density at radius 1 is 0.324 bits per heavy atom. The molecule has 68 heavy (non-hydrogen) atoms. The first kappa shape index (κ1) is 63.8. The number of hydrogen-bond donors (Lipinski definition) is 0. The van der Waals surface area contributed by atoms with E-state index in [0.29, 0.717) is 19.3 Å². The van der Waals surface area contributed by atoms with E-state index in [-0.39, 0.29) is 37.5 Å². The number of rotatable bonds is 48. The third kappa shape index (κ3) is 52.8. The summed E-state index contributed by atoms with van der Waals surface area (Å²) in [4.78, 5) is 38.1.